The average molecular weight is 679 g/mol. The van der Waals surface area contributed by atoms with Gasteiger partial charge in [-0.2, -0.15) is 0 Å². The van der Waals surface area contributed by atoms with Crippen LogP contribution in [0.2, 0.25) is 0 Å². The molecule has 1 aliphatic rings. The lowest BCUT2D eigenvalue weighted by Gasteiger charge is -2.25. The van der Waals surface area contributed by atoms with Crippen LogP contribution in [0.5, 0.6) is 23.0 Å². The van der Waals surface area contributed by atoms with Crippen molar-refractivity contribution in [1.29, 1.82) is 0 Å². The summed E-state index contributed by atoms with van der Waals surface area (Å²) in [5, 5.41) is 2.28. The molecule has 6 rings (SSSR count). The summed E-state index contributed by atoms with van der Waals surface area (Å²) in [7, 11) is 3.14. The van der Waals surface area contributed by atoms with Gasteiger partial charge in [0.1, 0.15) is 6.61 Å². The summed E-state index contributed by atoms with van der Waals surface area (Å²) < 4.78 is 30.9. The highest BCUT2D eigenvalue weighted by Crippen LogP contribution is 2.37. The molecule has 0 bridgehead atoms. The van der Waals surface area contributed by atoms with Gasteiger partial charge < -0.3 is 23.7 Å². The SMILES string of the molecule is CCOC(=O)C1=C(C)N=c2s/c(=C\c3ccc(OCc4cccc5ccccc45)c(OC)c3)c(=O)n2[C@@H]1c1ccc(OC(C)C)c(OC)c1. The topological polar surface area (TPSA) is 97.6 Å². The van der Waals surface area contributed by atoms with Crippen molar-refractivity contribution in [2.45, 2.75) is 46.4 Å². The van der Waals surface area contributed by atoms with Gasteiger partial charge in [-0.05, 0) is 85.5 Å². The van der Waals surface area contributed by atoms with Gasteiger partial charge in [0.15, 0.2) is 27.8 Å². The third-order valence-corrected chi connectivity index (χ3v) is 9.11. The molecule has 9 nitrogen and oxygen atoms in total. The molecule has 0 unspecified atom stereocenters. The second-order valence-electron chi connectivity index (χ2n) is 11.7. The van der Waals surface area contributed by atoms with Crippen molar-refractivity contribution in [3.63, 3.8) is 0 Å². The number of allylic oxidation sites excluding steroid dienone is 1. The number of nitrogens with zero attached hydrogens (tertiary/aromatic N) is 2. The highest BCUT2D eigenvalue weighted by molar-refractivity contribution is 7.07. The molecule has 1 atom stereocenters. The summed E-state index contributed by atoms with van der Waals surface area (Å²) in [4.78, 5) is 32.7. The molecule has 0 radical (unpaired) electrons. The van der Waals surface area contributed by atoms with Crippen molar-refractivity contribution in [3.8, 4) is 23.0 Å². The van der Waals surface area contributed by atoms with E-state index in [9.17, 15) is 9.59 Å². The molecule has 5 aromatic rings. The number of aromatic nitrogens is 1. The number of benzene rings is 4. The number of methoxy groups -OCH3 is 2. The van der Waals surface area contributed by atoms with Gasteiger partial charge in [-0.1, -0.05) is 65.9 Å². The molecular formula is C39H38N2O7S. The molecule has 0 amide bonds. The van der Waals surface area contributed by atoms with Gasteiger partial charge in [-0.3, -0.25) is 9.36 Å². The highest BCUT2D eigenvalue weighted by Gasteiger charge is 2.34. The number of carbonyl (C=O) groups is 1. The van der Waals surface area contributed by atoms with Gasteiger partial charge in [0.2, 0.25) is 0 Å². The van der Waals surface area contributed by atoms with Crippen LogP contribution in [0.25, 0.3) is 16.8 Å². The van der Waals surface area contributed by atoms with E-state index in [0.717, 1.165) is 21.9 Å². The third kappa shape index (κ3) is 6.82. The van der Waals surface area contributed by atoms with E-state index in [1.807, 2.05) is 56.3 Å². The minimum Gasteiger partial charge on any atom is -0.493 e. The average Bonchev–Trinajstić information content (AvgIpc) is 3.40. The zero-order chi connectivity index (χ0) is 34.7. The zero-order valence-electron chi connectivity index (χ0n) is 28.3. The molecule has 4 aromatic carbocycles. The Kier molecular flexibility index (Phi) is 9.87. The molecule has 0 saturated carbocycles. The Balaban J connectivity index is 1.38. The largest absolute Gasteiger partial charge is 0.493 e. The Labute approximate surface area is 288 Å². The second-order valence-corrected chi connectivity index (χ2v) is 12.7. The van der Waals surface area contributed by atoms with E-state index in [-0.39, 0.29) is 23.8 Å². The number of fused-ring (bicyclic) bond motifs is 2. The molecule has 0 saturated heterocycles. The Morgan fingerprint density at radius 2 is 1.67 bits per heavy atom. The molecule has 2 heterocycles. The number of hydrogen-bond acceptors (Lipinski definition) is 9. The van der Waals surface area contributed by atoms with Gasteiger partial charge >= 0.3 is 5.97 Å². The molecule has 1 aromatic heterocycles. The summed E-state index contributed by atoms with van der Waals surface area (Å²) in [6.07, 6.45) is 1.72. The van der Waals surface area contributed by atoms with E-state index in [0.29, 0.717) is 50.2 Å². The maximum absolute atomic E-state index is 14.2. The van der Waals surface area contributed by atoms with E-state index in [4.69, 9.17) is 28.7 Å². The molecule has 252 valence electrons. The Bertz CT molecular complexity index is 2240. The van der Waals surface area contributed by atoms with Gasteiger partial charge in [-0.25, -0.2) is 9.79 Å². The van der Waals surface area contributed by atoms with Crippen molar-refractivity contribution in [2.24, 2.45) is 4.99 Å². The van der Waals surface area contributed by atoms with Gasteiger partial charge in [0.05, 0.1) is 48.8 Å². The lowest BCUT2D eigenvalue weighted by Crippen LogP contribution is -2.40. The molecule has 1 aliphatic heterocycles. The first-order valence-electron chi connectivity index (χ1n) is 16.0. The Morgan fingerprint density at radius 1 is 0.939 bits per heavy atom. The minimum absolute atomic E-state index is 0.0712. The summed E-state index contributed by atoms with van der Waals surface area (Å²) in [5.74, 6) is 1.64. The zero-order valence-corrected chi connectivity index (χ0v) is 29.1. The standard InChI is InChI=1S/C39H38N2O7S/c1-7-46-38(43)35-24(4)40-39-41(36(35)27-16-18-31(48-23(2)3)33(21-27)45-6)37(42)34(49-39)20-25-15-17-30(32(19-25)44-5)47-22-28-13-10-12-26-11-8-9-14-29(26)28/h8-21,23,36H,7,22H2,1-6H3/b34-20-/t36-/m1/s1. The summed E-state index contributed by atoms with van der Waals surface area (Å²) in [6, 6.07) is 24.5. The number of rotatable bonds is 11. The van der Waals surface area contributed by atoms with Crippen LogP contribution in [-0.4, -0.2) is 37.5 Å². The number of esters is 1. The van der Waals surface area contributed by atoms with Crippen molar-refractivity contribution in [3.05, 3.63) is 127 Å². The number of ether oxygens (including phenoxy) is 5. The fraction of sp³-hybridized carbons (Fsp3) is 0.256. The van der Waals surface area contributed by atoms with E-state index in [1.165, 1.54) is 11.3 Å². The number of hydrogen-bond donors (Lipinski definition) is 0. The summed E-state index contributed by atoms with van der Waals surface area (Å²) in [6.45, 7) is 7.91. The third-order valence-electron chi connectivity index (χ3n) is 8.13. The quantitative estimate of drug-likeness (QED) is 0.151. The van der Waals surface area contributed by atoms with Gasteiger partial charge in [0.25, 0.3) is 5.56 Å². The molecule has 49 heavy (non-hydrogen) atoms. The summed E-state index contributed by atoms with van der Waals surface area (Å²) in [5.41, 5.74) is 2.94. The molecule has 10 heteroatoms. The van der Waals surface area contributed by atoms with E-state index >= 15 is 0 Å². The molecule has 0 N–H and O–H groups in total. The van der Waals surface area contributed by atoms with Crippen LogP contribution < -0.4 is 33.8 Å². The first-order valence-corrected chi connectivity index (χ1v) is 16.9. The highest BCUT2D eigenvalue weighted by atomic mass is 32.1. The smallest absolute Gasteiger partial charge is 0.338 e. The van der Waals surface area contributed by atoms with Crippen molar-refractivity contribution in [1.82, 2.24) is 4.57 Å². The second kappa shape index (κ2) is 14.4. The van der Waals surface area contributed by atoms with Crippen molar-refractivity contribution in [2.75, 3.05) is 20.8 Å². The van der Waals surface area contributed by atoms with Crippen LogP contribution >= 0.6 is 11.3 Å². The van der Waals surface area contributed by atoms with Crippen LogP contribution in [0.3, 0.4) is 0 Å². The monoisotopic (exact) mass is 678 g/mol. The predicted octanol–water partition coefficient (Wildman–Crippen LogP) is 6.33. The van der Waals surface area contributed by atoms with E-state index < -0.39 is 12.0 Å². The van der Waals surface area contributed by atoms with Crippen LogP contribution in [0.1, 0.15) is 50.4 Å². The predicted molar refractivity (Wildman–Crippen MR) is 190 cm³/mol. The number of thiazole rings is 1. The van der Waals surface area contributed by atoms with Crippen LogP contribution in [-0.2, 0) is 16.1 Å². The van der Waals surface area contributed by atoms with E-state index in [1.54, 1.807) is 50.8 Å². The molecule has 0 fully saturated rings. The lowest BCUT2D eigenvalue weighted by molar-refractivity contribution is -0.139. The summed E-state index contributed by atoms with van der Waals surface area (Å²) >= 11 is 1.25. The van der Waals surface area contributed by atoms with Crippen LogP contribution in [0, 0.1) is 0 Å². The lowest BCUT2D eigenvalue weighted by atomic mass is 9.95. The Hall–Kier alpha value is -5.35. The number of carbonyl (C=O) groups excluding carboxylic acids is 1. The molecule has 0 spiro atoms. The maximum Gasteiger partial charge on any atom is 0.338 e. The minimum atomic E-state index is -0.793. The first-order chi connectivity index (χ1) is 23.7. The van der Waals surface area contributed by atoms with E-state index in [2.05, 4.69) is 24.3 Å². The van der Waals surface area contributed by atoms with Crippen LogP contribution in [0.4, 0.5) is 0 Å². The van der Waals surface area contributed by atoms with Crippen LogP contribution in [0.15, 0.2) is 99.9 Å². The normalized spacial score (nSPS) is 14.4. The molecule has 0 aliphatic carbocycles. The molecular weight excluding hydrogens is 641 g/mol. The Morgan fingerprint density at radius 3 is 2.43 bits per heavy atom. The maximum atomic E-state index is 14.2. The van der Waals surface area contributed by atoms with Gasteiger partial charge in [0, 0.05) is 0 Å². The van der Waals surface area contributed by atoms with Crippen molar-refractivity contribution < 1.29 is 28.5 Å². The van der Waals surface area contributed by atoms with Crippen molar-refractivity contribution >= 4 is 34.2 Å². The first kappa shape index (κ1) is 33.5. The fourth-order valence-electron chi connectivity index (χ4n) is 5.93. The van der Waals surface area contributed by atoms with Gasteiger partial charge in [-0.15, -0.1) is 0 Å². The fourth-order valence-corrected chi connectivity index (χ4v) is 6.98.